The summed E-state index contributed by atoms with van der Waals surface area (Å²) in [7, 11) is 0. The molecular weight excluding hydrogens is 304 g/mol. The maximum absolute atomic E-state index is 12.5. The Balaban J connectivity index is 1.80. The maximum atomic E-state index is 12.5. The molecule has 24 heavy (non-hydrogen) atoms. The number of fused-ring (bicyclic) bond motifs is 1. The summed E-state index contributed by atoms with van der Waals surface area (Å²) in [5.41, 5.74) is 2.75. The van der Waals surface area contributed by atoms with Crippen molar-refractivity contribution in [3.05, 3.63) is 59.9 Å². The molecule has 1 aliphatic heterocycles. The molecule has 4 rings (SSSR count). The van der Waals surface area contributed by atoms with E-state index < -0.39 is 0 Å². The second kappa shape index (κ2) is 5.88. The van der Waals surface area contributed by atoms with Crippen LogP contribution in [0, 0.1) is 6.92 Å². The first-order valence-corrected chi connectivity index (χ1v) is 7.83. The Morgan fingerprint density at radius 3 is 2.88 bits per heavy atom. The van der Waals surface area contributed by atoms with E-state index in [4.69, 9.17) is 4.42 Å². The Morgan fingerprint density at radius 2 is 2.12 bits per heavy atom. The molecule has 3 aromatic rings. The first kappa shape index (κ1) is 14.6. The number of aryl methyl sites for hydroxylation is 1. The van der Waals surface area contributed by atoms with Crippen LogP contribution < -0.4 is 4.90 Å². The van der Waals surface area contributed by atoms with Crippen molar-refractivity contribution in [2.24, 2.45) is 0 Å². The Kier molecular flexibility index (Phi) is 3.57. The minimum absolute atomic E-state index is 0.0501. The van der Waals surface area contributed by atoms with Crippen LogP contribution in [0.2, 0.25) is 0 Å². The summed E-state index contributed by atoms with van der Waals surface area (Å²) in [4.78, 5) is 27.5. The fraction of sp³-hybridized carbons (Fsp3) is 0.222. The quantitative estimate of drug-likeness (QED) is 0.742. The van der Waals surface area contributed by atoms with Crippen LogP contribution in [0.5, 0.6) is 0 Å². The Morgan fingerprint density at radius 1 is 1.21 bits per heavy atom. The molecule has 0 unspecified atom stereocenters. The number of hydrogen-bond acceptors (Lipinski definition) is 5. The highest BCUT2D eigenvalue weighted by Crippen LogP contribution is 2.31. The predicted molar refractivity (Wildman–Crippen MR) is 88.2 cm³/mol. The van der Waals surface area contributed by atoms with Gasteiger partial charge in [-0.25, -0.2) is 9.97 Å². The third kappa shape index (κ3) is 2.56. The Bertz CT molecular complexity index is 876. The number of anilines is 1. The molecule has 0 bridgehead atoms. The van der Waals surface area contributed by atoms with Gasteiger partial charge in [0.1, 0.15) is 11.6 Å². The molecular formula is C18H16N4O2. The number of rotatable bonds is 3. The first-order chi connectivity index (χ1) is 11.7. The number of nitrogens with zero attached hydrogens (tertiary/aromatic N) is 4. The van der Waals surface area contributed by atoms with Gasteiger partial charge in [-0.1, -0.05) is 0 Å². The van der Waals surface area contributed by atoms with Crippen LogP contribution in [0.15, 0.2) is 47.3 Å². The number of hydrogen-bond donors (Lipinski definition) is 0. The lowest BCUT2D eigenvalue weighted by molar-refractivity contribution is -0.119. The van der Waals surface area contributed by atoms with Crippen LogP contribution in [0.1, 0.15) is 23.4 Å². The SMILES string of the molecule is Cc1nc(-c2cccnc2)nc2c1CCC(=O)N2Cc1ccco1. The maximum Gasteiger partial charge on any atom is 0.228 e. The van der Waals surface area contributed by atoms with E-state index in [2.05, 4.69) is 15.0 Å². The smallest absolute Gasteiger partial charge is 0.228 e. The first-order valence-electron chi connectivity index (χ1n) is 7.83. The molecule has 6 heteroatoms. The summed E-state index contributed by atoms with van der Waals surface area (Å²) in [5, 5.41) is 0. The topological polar surface area (TPSA) is 72.1 Å². The molecule has 0 saturated carbocycles. The van der Waals surface area contributed by atoms with Crippen LogP contribution in [0.3, 0.4) is 0 Å². The van der Waals surface area contributed by atoms with E-state index in [1.54, 1.807) is 23.6 Å². The molecule has 1 amide bonds. The molecule has 0 atom stereocenters. The van der Waals surface area contributed by atoms with Gasteiger partial charge < -0.3 is 4.42 Å². The largest absolute Gasteiger partial charge is 0.467 e. The molecule has 0 aliphatic carbocycles. The van der Waals surface area contributed by atoms with E-state index in [-0.39, 0.29) is 5.91 Å². The zero-order valence-corrected chi connectivity index (χ0v) is 13.3. The van der Waals surface area contributed by atoms with Crippen molar-refractivity contribution < 1.29 is 9.21 Å². The summed E-state index contributed by atoms with van der Waals surface area (Å²) in [6.45, 7) is 2.34. The van der Waals surface area contributed by atoms with E-state index in [0.717, 1.165) is 22.6 Å². The van der Waals surface area contributed by atoms with Crippen LogP contribution in [-0.2, 0) is 17.8 Å². The highest BCUT2D eigenvalue weighted by Gasteiger charge is 2.28. The van der Waals surface area contributed by atoms with E-state index in [9.17, 15) is 4.79 Å². The zero-order chi connectivity index (χ0) is 16.5. The van der Waals surface area contributed by atoms with Gasteiger partial charge in [0.05, 0.1) is 12.8 Å². The van der Waals surface area contributed by atoms with Crippen molar-refractivity contribution in [1.82, 2.24) is 15.0 Å². The zero-order valence-electron chi connectivity index (χ0n) is 13.3. The van der Waals surface area contributed by atoms with Gasteiger partial charge in [-0.3, -0.25) is 14.7 Å². The summed E-state index contributed by atoms with van der Waals surface area (Å²) < 4.78 is 5.40. The molecule has 0 saturated heterocycles. The monoisotopic (exact) mass is 320 g/mol. The third-order valence-electron chi connectivity index (χ3n) is 4.15. The highest BCUT2D eigenvalue weighted by atomic mass is 16.3. The molecule has 0 fully saturated rings. The molecule has 4 heterocycles. The standard InChI is InChI=1S/C18H16N4O2/c1-12-15-6-7-16(23)22(11-14-5-3-9-24-14)18(15)21-17(20-12)13-4-2-8-19-10-13/h2-5,8-10H,6-7,11H2,1H3. The number of carbonyl (C=O) groups is 1. The molecule has 120 valence electrons. The lowest BCUT2D eigenvalue weighted by atomic mass is 10.0. The van der Waals surface area contributed by atoms with Crippen LogP contribution >= 0.6 is 0 Å². The Labute approximate surface area is 139 Å². The van der Waals surface area contributed by atoms with Gasteiger partial charge in [-0.2, -0.15) is 0 Å². The second-order valence-electron chi connectivity index (χ2n) is 5.74. The van der Waals surface area contributed by atoms with Gasteiger partial charge in [0.15, 0.2) is 5.82 Å². The Hall–Kier alpha value is -3.02. The number of furan rings is 1. The minimum Gasteiger partial charge on any atom is -0.467 e. The van der Waals surface area contributed by atoms with Crippen LogP contribution in [0.25, 0.3) is 11.4 Å². The highest BCUT2D eigenvalue weighted by molar-refractivity contribution is 5.95. The number of amides is 1. The van der Waals surface area contributed by atoms with Crippen molar-refractivity contribution >= 4 is 11.7 Å². The number of pyridine rings is 1. The minimum atomic E-state index is 0.0501. The van der Waals surface area contributed by atoms with Crippen molar-refractivity contribution in [3.63, 3.8) is 0 Å². The van der Waals surface area contributed by atoms with Crippen molar-refractivity contribution in [1.29, 1.82) is 0 Å². The van der Waals surface area contributed by atoms with Crippen molar-refractivity contribution in [2.75, 3.05) is 4.90 Å². The van der Waals surface area contributed by atoms with E-state index >= 15 is 0 Å². The second-order valence-corrected chi connectivity index (χ2v) is 5.74. The van der Waals surface area contributed by atoms with Crippen LogP contribution in [0.4, 0.5) is 5.82 Å². The third-order valence-corrected chi connectivity index (χ3v) is 4.15. The van der Waals surface area contributed by atoms with Crippen molar-refractivity contribution in [2.45, 2.75) is 26.3 Å². The van der Waals surface area contributed by atoms with Gasteiger partial charge >= 0.3 is 0 Å². The van der Waals surface area contributed by atoms with Crippen molar-refractivity contribution in [3.8, 4) is 11.4 Å². The average Bonchev–Trinajstić information content (AvgIpc) is 3.11. The van der Waals surface area contributed by atoms with E-state index in [1.165, 1.54) is 0 Å². The molecule has 6 nitrogen and oxygen atoms in total. The lowest BCUT2D eigenvalue weighted by Crippen LogP contribution is -2.36. The molecule has 1 aliphatic rings. The fourth-order valence-electron chi connectivity index (χ4n) is 2.93. The average molecular weight is 320 g/mol. The van der Waals surface area contributed by atoms with Gasteiger partial charge in [0.25, 0.3) is 0 Å². The summed E-state index contributed by atoms with van der Waals surface area (Å²) in [6.07, 6.45) is 6.17. The van der Waals surface area contributed by atoms with Gasteiger partial charge in [-0.15, -0.1) is 0 Å². The van der Waals surface area contributed by atoms with E-state index in [1.807, 2.05) is 31.2 Å². The van der Waals surface area contributed by atoms with E-state index in [0.29, 0.717) is 31.0 Å². The summed E-state index contributed by atoms with van der Waals surface area (Å²) in [6, 6.07) is 7.43. The van der Waals surface area contributed by atoms with Gasteiger partial charge in [0, 0.05) is 35.6 Å². The predicted octanol–water partition coefficient (Wildman–Crippen LogP) is 2.92. The van der Waals surface area contributed by atoms with Gasteiger partial charge in [0.2, 0.25) is 5.91 Å². The fourth-order valence-corrected chi connectivity index (χ4v) is 2.93. The number of carbonyl (C=O) groups excluding carboxylic acids is 1. The molecule has 0 aromatic carbocycles. The normalized spacial score (nSPS) is 13.9. The van der Waals surface area contributed by atoms with Crippen LogP contribution in [-0.4, -0.2) is 20.9 Å². The molecule has 0 N–H and O–H groups in total. The number of aromatic nitrogens is 3. The molecule has 0 spiro atoms. The molecule has 0 radical (unpaired) electrons. The lowest BCUT2D eigenvalue weighted by Gasteiger charge is -2.28. The molecule has 3 aromatic heterocycles. The summed E-state index contributed by atoms with van der Waals surface area (Å²) >= 11 is 0. The summed E-state index contributed by atoms with van der Waals surface area (Å²) in [5.74, 6) is 2.04. The van der Waals surface area contributed by atoms with Gasteiger partial charge in [-0.05, 0) is 37.6 Å².